The molecule has 0 aromatic heterocycles. The first-order valence-corrected chi connectivity index (χ1v) is 5.31. The normalized spacial score (nSPS) is 11.4. The zero-order chi connectivity index (χ0) is 14.1. The molecule has 0 fully saturated rings. The van der Waals surface area contributed by atoms with E-state index in [2.05, 4.69) is 11.3 Å². The number of halogens is 1. The highest BCUT2D eigenvalue weighted by Gasteiger charge is 2.19. The Hall–Kier alpha value is -2.04. The van der Waals surface area contributed by atoms with Gasteiger partial charge in [0.25, 0.3) is 0 Å². The zero-order valence-corrected chi connectivity index (χ0v) is 10.4. The maximum Gasteiger partial charge on any atom is 0.375 e. The molecule has 18 heavy (non-hydrogen) atoms. The van der Waals surface area contributed by atoms with Crippen molar-refractivity contribution in [3.63, 3.8) is 0 Å². The second kappa shape index (κ2) is 8.11. The summed E-state index contributed by atoms with van der Waals surface area (Å²) in [6.07, 6.45) is 3.11. The number of carbonyl (C=O) groups is 3. The molecular weight excluding hydrogens is 239 g/mol. The highest BCUT2D eigenvalue weighted by Crippen LogP contribution is 2.03. The fourth-order valence-electron chi connectivity index (χ4n) is 0.933. The summed E-state index contributed by atoms with van der Waals surface area (Å²) in [5, 5.41) is 0. The Morgan fingerprint density at radius 1 is 1.28 bits per heavy atom. The number of esters is 1. The lowest BCUT2D eigenvalue weighted by atomic mass is 10.1. The summed E-state index contributed by atoms with van der Waals surface area (Å²) in [6, 6.07) is 0. The van der Waals surface area contributed by atoms with E-state index in [1.54, 1.807) is 6.92 Å². The van der Waals surface area contributed by atoms with Crippen LogP contribution in [0.4, 0.5) is 4.39 Å². The number of rotatable bonds is 7. The molecule has 0 atom stereocenters. The van der Waals surface area contributed by atoms with E-state index in [1.165, 1.54) is 19.1 Å². The molecule has 0 unspecified atom stereocenters. The minimum Gasteiger partial charge on any atom is -0.460 e. The van der Waals surface area contributed by atoms with Crippen LogP contribution in [-0.4, -0.2) is 24.1 Å². The van der Waals surface area contributed by atoms with Crippen molar-refractivity contribution in [2.45, 2.75) is 20.3 Å². The van der Waals surface area contributed by atoms with Gasteiger partial charge in [-0.2, -0.15) is 0 Å². The van der Waals surface area contributed by atoms with Crippen molar-refractivity contribution < 1.29 is 23.5 Å². The fourth-order valence-corrected chi connectivity index (χ4v) is 0.933. The van der Waals surface area contributed by atoms with Gasteiger partial charge in [0.1, 0.15) is 0 Å². The van der Waals surface area contributed by atoms with E-state index in [0.29, 0.717) is 0 Å². The maximum absolute atomic E-state index is 12.3. The molecule has 0 aromatic carbocycles. The first kappa shape index (κ1) is 16.0. The SMILES string of the molecule is C=C(C=CC=C(C)F)C(=O)CC(=O)C(=O)OCC. The molecule has 98 valence electrons. The number of hydrogen-bond donors (Lipinski definition) is 0. The predicted molar refractivity (Wildman–Crippen MR) is 64.4 cm³/mol. The molecule has 0 radical (unpaired) electrons. The summed E-state index contributed by atoms with van der Waals surface area (Å²) in [4.78, 5) is 33.6. The number of Topliss-reactive ketones (excluding diaryl/α,β-unsaturated/α-hetero) is 2. The van der Waals surface area contributed by atoms with Crippen molar-refractivity contribution in [3.8, 4) is 0 Å². The average molecular weight is 254 g/mol. The van der Waals surface area contributed by atoms with Crippen LogP contribution < -0.4 is 0 Å². The Bertz CT molecular complexity index is 415. The average Bonchev–Trinajstić information content (AvgIpc) is 2.28. The summed E-state index contributed by atoms with van der Waals surface area (Å²) in [5.41, 5.74) is 0.0187. The molecule has 0 aliphatic carbocycles. The van der Waals surface area contributed by atoms with Crippen LogP contribution >= 0.6 is 0 Å². The van der Waals surface area contributed by atoms with Gasteiger partial charge >= 0.3 is 5.97 Å². The lowest BCUT2D eigenvalue weighted by Gasteiger charge is -2.00. The number of allylic oxidation sites excluding steroid dienone is 5. The maximum atomic E-state index is 12.3. The first-order valence-electron chi connectivity index (χ1n) is 5.31. The summed E-state index contributed by atoms with van der Waals surface area (Å²) in [6.45, 7) is 6.29. The Morgan fingerprint density at radius 2 is 1.89 bits per heavy atom. The molecule has 0 amide bonds. The van der Waals surface area contributed by atoms with Gasteiger partial charge in [-0.25, -0.2) is 9.18 Å². The monoisotopic (exact) mass is 254 g/mol. The van der Waals surface area contributed by atoms with Gasteiger partial charge in [0.15, 0.2) is 5.78 Å². The van der Waals surface area contributed by atoms with Gasteiger partial charge in [0.05, 0.1) is 18.9 Å². The van der Waals surface area contributed by atoms with E-state index >= 15 is 0 Å². The first-order chi connectivity index (χ1) is 8.38. The van der Waals surface area contributed by atoms with E-state index < -0.39 is 29.8 Å². The quantitative estimate of drug-likeness (QED) is 0.229. The molecule has 0 saturated heterocycles. The van der Waals surface area contributed by atoms with Gasteiger partial charge in [0.2, 0.25) is 5.78 Å². The number of hydrogen-bond acceptors (Lipinski definition) is 4. The van der Waals surface area contributed by atoms with Crippen LogP contribution in [0.5, 0.6) is 0 Å². The van der Waals surface area contributed by atoms with Gasteiger partial charge in [0, 0.05) is 5.57 Å². The summed E-state index contributed by atoms with van der Waals surface area (Å²) in [5.74, 6) is -2.99. The lowest BCUT2D eigenvalue weighted by Crippen LogP contribution is -2.20. The minimum absolute atomic E-state index is 0.0187. The van der Waals surface area contributed by atoms with Gasteiger partial charge in [-0.15, -0.1) is 0 Å². The molecule has 0 aliphatic rings. The Balaban J connectivity index is 4.37. The molecule has 0 aromatic rings. The van der Waals surface area contributed by atoms with Gasteiger partial charge < -0.3 is 4.74 Å². The van der Waals surface area contributed by atoms with Crippen molar-refractivity contribution in [3.05, 3.63) is 36.2 Å². The Labute approximate surface area is 105 Å². The molecule has 4 nitrogen and oxygen atoms in total. The molecule has 0 bridgehead atoms. The van der Waals surface area contributed by atoms with Gasteiger partial charge in [-0.3, -0.25) is 9.59 Å². The second-order valence-electron chi connectivity index (χ2n) is 3.38. The van der Waals surface area contributed by atoms with Crippen molar-refractivity contribution in [2.75, 3.05) is 6.61 Å². The molecule has 0 spiro atoms. The standard InChI is InChI=1S/C13H15FO4/c1-4-18-13(17)12(16)8-11(15)9(2)6-5-7-10(3)14/h5-7H,2,4,8H2,1,3H3. The molecule has 0 aliphatic heterocycles. The summed E-state index contributed by atoms with van der Waals surface area (Å²) in [7, 11) is 0. The van der Waals surface area contributed by atoms with Crippen LogP contribution in [-0.2, 0) is 19.1 Å². The smallest absolute Gasteiger partial charge is 0.375 e. The summed E-state index contributed by atoms with van der Waals surface area (Å²) < 4.78 is 16.8. The van der Waals surface area contributed by atoms with Gasteiger partial charge in [-0.1, -0.05) is 18.7 Å². The van der Waals surface area contributed by atoms with E-state index in [4.69, 9.17) is 0 Å². The predicted octanol–water partition coefficient (Wildman–Crippen LogP) is 2.06. The lowest BCUT2D eigenvalue weighted by molar-refractivity contribution is -0.154. The second-order valence-corrected chi connectivity index (χ2v) is 3.38. The summed E-state index contributed by atoms with van der Waals surface area (Å²) >= 11 is 0. The molecule has 0 heterocycles. The topological polar surface area (TPSA) is 60.4 Å². The van der Waals surface area contributed by atoms with Crippen LogP contribution in [0.3, 0.4) is 0 Å². The van der Waals surface area contributed by atoms with Crippen molar-refractivity contribution >= 4 is 17.5 Å². The third kappa shape index (κ3) is 6.52. The largest absolute Gasteiger partial charge is 0.460 e. The van der Waals surface area contributed by atoms with Crippen molar-refractivity contribution in [2.24, 2.45) is 0 Å². The molecule has 0 N–H and O–H groups in total. The van der Waals surface area contributed by atoms with Gasteiger partial charge in [-0.05, 0) is 19.9 Å². The number of ketones is 2. The molecule has 0 rings (SSSR count). The minimum atomic E-state index is -1.04. The molecular formula is C13H15FO4. The third-order valence-electron chi connectivity index (χ3n) is 1.81. The Kier molecular flexibility index (Phi) is 7.19. The number of carbonyl (C=O) groups excluding carboxylic acids is 3. The Morgan fingerprint density at radius 3 is 2.39 bits per heavy atom. The third-order valence-corrected chi connectivity index (χ3v) is 1.81. The zero-order valence-electron chi connectivity index (χ0n) is 10.4. The number of ether oxygens (including phenoxy) is 1. The fraction of sp³-hybridized carbons (Fsp3) is 0.308. The van der Waals surface area contributed by atoms with Crippen LogP contribution in [0.2, 0.25) is 0 Å². The van der Waals surface area contributed by atoms with Crippen LogP contribution in [0, 0.1) is 0 Å². The van der Waals surface area contributed by atoms with E-state index in [0.717, 1.165) is 6.08 Å². The van der Waals surface area contributed by atoms with Crippen LogP contribution in [0.1, 0.15) is 20.3 Å². The highest BCUT2D eigenvalue weighted by atomic mass is 19.1. The van der Waals surface area contributed by atoms with E-state index in [-0.39, 0.29) is 12.2 Å². The molecule has 0 saturated carbocycles. The molecule has 5 heteroatoms. The van der Waals surface area contributed by atoms with Crippen LogP contribution in [0.15, 0.2) is 36.2 Å². The van der Waals surface area contributed by atoms with Crippen molar-refractivity contribution in [1.29, 1.82) is 0 Å². The highest BCUT2D eigenvalue weighted by molar-refractivity contribution is 6.38. The van der Waals surface area contributed by atoms with Crippen LogP contribution in [0.25, 0.3) is 0 Å². The van der Waals surface area contributed by atoms with E-state index in [9.17, 15) is 18.8 Å². The van der Waals surface area contributed by atoms with Crippen molar-refractivity contribution in [1.82, 2.24) is 0 Å². The van der Waals surface area contributed by atoms with E-state index in [1.807, 2.05) is 0 Å².